The summed E-state index contributed by atoms with van der Waals surface area (Å²) in [6.07, 6.45) is 3.38. The number of nitrogens with two attached hydrogens (primary N) is 1. The third-order valence-electron chi connectivity index (χ3n) is 3.02. The van der Waals surface area contributed by atoms with Crippen LogP contribution in [-0.2, 0) is 0 Å². The van der Waals surface area contributed by atoms with Crippen LogP contribution in [0.2, 0.25) is 0 Å². The second-order valence-corrected chi connectivity index (χ2v) is 7.49. The van der Waals surface area contributed by atoms with Crippen LogP contribution in [0.3, 0.4) is 0 Å². The number of thioether (sulfide) groups is 1. The number of aromatic nitrogens is 2. The van der Waals surface area contributed by atoms with Gasteiger partial charge in [0, 0.05) is 34.3 Å². The van der Waals surface area contributed by atoms with Gasteiger partial charge in [-0.15, -0.1) is 11.8 Å². The van der Waals surface area contributed by atoms with Crippen molar-refractivity contribution in [3.8, 4) is 0 Å². The van der Waals surface area contributed by atoms with Gasteiger partial charge >= 0.3 is 0 Å². The van der Waals surface area contributed by atoms with Crippen molar-refractivity contribution in [3.63, 3.8) is 0 Å². The van der Waals surface area contributed by atoms with E-state index in [-0.39, 0.29) is 11.8 Å². The fourth-order valence-electron chi connectivity index (χ4n) is 2.14. The summed E-state index contributed by atoms with van der Waals surface area (Å²) in [6.45, 7) is 8.33. The molecule has 0 saturated carbocycles. The number of nitrogens with one attached hydrogen (secondary N) is 2. The molecule has 2 rings (SSSR count). The average Bonchev–Trinajstić information content (AvgIpc) is 2.46. The summed E-state index contributed by atoms with van der Waals surface area (Å²) in [6, 6.07) is 5.80. The van der Waals surface area contributed by atoms with Crippen LogP contribution >= 0.6 is 11.8 Å². The number of hydrogen-bond donors (Lipinski definition) is 3. The Hall–Kier alpha value is -2.08. The molecule has 0 atom stereocenters. The van der Waals surface area contributed by atoms with Crippen molar-refractivity contribution in [2.75, 3.05) is 11.1 Å². The molecule has 0 aliphatic rings. The molecule has 122 valence electrons. The highest BCUT2D eigenvalue weighted by Crippen LogP contribution is 2.26. The van der Waals surface area contributed by atoms with Crippen LogP contribution < -0.4 is 11.1 Å². The topological polar surface area (TPSA) is 87.7 Å². The minimum absolute atomic E-state index is 0.201. The summed E-state index contributed by atoms with van der Waals surface area (Å²) in [4.78, 5) is 9.76. The maximum Gasteiger partial charge on any atom is 0.137 e. The second-order valence-electron chi connectivity index (χ2n) is 5.84. The molecule has 0 radical (unpaired) electrons. The monoisotopic (exact) mass is 329 g/mol. The van der Waals surface area contributed by atoms with Crippen molar-refractivity contribution in [1.82, 2.24) is 9.97 Å². The van der Waals surface area contributed by atoms with Crippen LogP contribution in [0.25, 0.3) is 0 Å². The third-order valence-corrected chi connectivity index (χ3v) is 4.02. The summed E-state index contributed by atoms with van der Waals surface area (Å²) in [5.41, 5.74) is 8.10. The van der Waals surface area contributed by atoms with Gasteiger partial charge in [-0.1, -0.05) is 13.8 Å². The van der Waals surface area contributed by atoms with E-state index >= 15 is 0 Å². The molecule has 2 aromatic rings. The van der Waals surface area contributed by atoms with Crippen LogP contribution in [0, 0.1) is 5.41 Å². The van der Waals surface area contributed by atoms with Gasteiger partial charge in [0.1, 0.15) is 5.82 Å². The normalized spacial score (nSPS) is 11.0. The molecule has 6 heteroatoms. The van der Waals surface area contributed by atoms with E-state index in [0.717, 1.165) is 4.90 Å². The fraction of sp³-hybridized carbons (Fsp3) is 0.353. The standard InChI is InChI=1S/C17H23N5S/c1-10(2)22-17-15(13(18)6-8-21-17)16(19)14-9-12(5-7-20-14)23-11(3)4/h5-11,19H,1-4H3,(H3,18,21,22). The zero-order chi connectivity index (χ0) is 17.0. The zero-order valence-corrected chi connectivity index (χ0v) is 14.7. The number of nitrogen functional groups attached to an aromatic ring is 1. The largest absolute Gasteiger partial charge is 0.398 e. The lowest BCUT2D eigenvalue weighted by Crippen LogP contribution is -2.17. The highest BCUT2D eigenvalue weighted by Gasteiger charge is 2.17. The van der Waals surface area contributed by atoms with Crippen molar-refractivity contribution in [2.24, 2.45) is 0 Å². The van der Waals surface area contributed by atoms with E-state index in [2.05, 4.69) is 29.1 Å². The minimum Gasteiger partial charge on any atom is -0.398 e. The molecule has 23 heavy (non-hydrogen) atoms. The molecule has 2 heterocycles. The van der Waals surface area contributed by atoms with Crippen molar-refractivity contribution >= 4 is 29.0 Å². The molecule has 4 N–H and O–H groups in total. The molecule has 0 fully saturated rings. The molecule has 0 aliphatic carbocycles. The maximum absolute atomic E-state index is 8.54. The molecule has 0 saturated heterocycles. The van der Waals surface area contributed by atoms with Gasteiger partial charge in [-0.05, 0) is 32.0 Å². The number of anilines is 2. The first-order valence-electron chi connectivity index (χ1n) is 7.61. The molecular weight excluding hydrogens is 306 g/mol. The average molecular weight is 329 g/mol. The van der Waals surface area contributed by atoms with Gasteiger partial charge < -0.3 is 11.1 Å². The Bertz CT molecular complexity index is 697. The van der Waals surface area contributed by atoms with E-state index in [4.69, 9.17) is 11.1 Å². The first-order chi connectivity index (χ1) is 10.9. The molecule has 0 aliphatic heterocycles. The Morgan fingerprint density at radius 1 is 1.17 bits per heavy atom. The Balaban J connectivity index is 2.41. The minimum atomic E-state index is 0.201. The molecule has 0 unspecified atom stereocenters. The van der Waals surface area contributed by atoms with Gasteiger partial charge in [0.25, 0.3) is 0 Å². The van der Waals surface area contributed by atoms with E-state index in [1.165, 1.54) is 0 Å². The van der Waals surface area contributed by atoms with Gasteiger partial charge in [0.15, 0.2) is 0 Å². The molecule has 2 aromatic heterocycles. The van der Waals surface area contributed by atoms with E-state index < -0.39 is 0 Å². The molecule has 0 bridgehead atoms. The van der Waals surface area contributed by atoms with Gasteiger partial charge in [-0.3, -0.25) is 10.4 Å². The molecule has 0 spiro atoms. The van der Waals surface area contributed by atoms with E-state index in [9.17, 15) is 0 Å². The zero-order valence-electron chi connectivity index (χ0n) is 13.9. The Morgan fingerprint density at radius 3 is 2.52 bits per heavy atom. The third kappa shape index (κ3) is 4.45. The van der Waals surface area contributed by atoms with Gasteiger partial charge in [0.2, 0.25) is 0 Å². The Kier molecular flexibility index (Phi) is 5.60. The summed E-state index contributed by atoms with van der Waals surface area (Å²) in [5.74, 6) is 0.619. The lowest BCUT2D eigenvalue weighted by atomic mass is 10.1. The predicted octanol–water partition coefficient (Wildman–Crippen LogP) is 3.80. The first kappa shape index (κ1) is 17.3. The van der Waals surface area contributed by atoms with E-state index in [1.54, 1.807) is 30.2 Å². The van der Waals surface area contributed by atoms with Crippen LogP contribution in [-0.4, -0.2) is 27.0 Å². The van der Waals surface area contributed by atoms with Crippen LogP contribution in [0.1, 0.15) is 39.0 Å². The van der Waals surface area contributed by atoms with Crippen LogP contribution in [0.4, 0.5) is 11.5 Å². The van der Waals surface area contributed by atoms with Gasteiger partial charge in [0.05, 0.1) is 17.0 Å². The highest BCUT2D eigenvalue weighted by molar-refractivity contribution is 7.99. The quantitative estimate of drug-likeness (QED) is 0.554. The number of rotatable bonds is 6. The number of hydrogen-bond acceptors (Lipinski definition) is 6. The lowest BCUT2D eigenvalue weighted by molar-refractivity contribution is 0.888. The van der Waals surface area contributed by atoms with Gasteiger partial charge in [-0.2, -0.15) is 0 Å². The molecule has 0 aromatic carbocycles. The van der Waals surface area contributed by atoms with Crippen LogP contribution in [0.15, 0.2) is 35.5 Å². The first-order valence-corrected chi connectivity index (χ1v) is 8.49. The predicted molar refractivity (Wildman–Crippen MR) is 98.6 cm³/mol. The summed E-state index contributed by atoms with van der Waals surface area (Å²) in [7, 11) is 0. The molecular formula is C17H23N5S. The van der Waals surface area contributed by atoms with Crippen molar-refractivity contribution in [2.45, 2.75) is 43.9 Å². The SMILES string of the molecule is CC(C)Nc1nccc(N)c1C(=N)c1cc(SC(C)C)ccn1. The summed E-state index contributed by atoms with van der Waals surface area (Å²) in [5, 5.41) is 12.3. The fourth-order valence-corrected chi connectivity index (χ4v) is 3.01. The van der Waals surface area contributed by atoms with Gasteiger partial charge in [-0.25, -0.2) is 4.98 Å². The smallest absolute Gasteiger partial charge is 0.137 e. The number of nitrogens with zero attached hydrogens (tertiary/aromatic N) is 2. The van der Waals surface area contributed by atoms with E-state index in [1.807, 2.05) is 26.0 Å². The van der Waals surface area contributed by atoms with Crippen molar-refractivity contribution in [3.05, 3.63) is 41.9 Å². The highest BCUT2D eigenvalue weighted by atomic mass is 32.2. The lowest BCUT2D eigenvalue weighted by Gasteiger charge is -2.16. The second kappa shape index (κ2) is 7.46. The molecule has 5 nitrogen and oxygen atoms in total. The maximum atomic E-state index is 8.54. The van der Waals surface area contributed by atoms with Crippen LogP contribution in [0.5, 0.6) is 0 Å². The summed E-state index contributed by atoms with van der Waals surface area (Å²) >= 11 is 1.75. The Morgan fingerprint density at radius 2 is 1.87 bits per heavy atom. The summed E-state index contributed by atoms with van der Waals surface area (Å²) < 4.78 is 0. The Labute approximate surface area is 141 Å². The van der Waals surface area contributed by atoms with E-state index in [0.29, 0.717) is 28.0 Å². The van der Waals surface area contributed by atoms with Crippen molar-refractivity contribution in [1.29, 1.82) is 5.41 Å². The molecule has 0 amide bonds. The number of pyridine rings is 2. The van der Waals surface area contributed by atoms with Crippen molar-refractivity contribution < 1.29 is 0 Å².